The summed E-state index contributed by atoms with van der Waals surface area (Å²) in [5.41, 5.74) is 7.67. The third kappa shape index (κ3) is 2.83. The molecule has 0 saturated heterocycles. The summed E-state index contributed by atoms with van der Waals surface area (Å²) in [6, 6.07) is 7.04. The van der Waals surface area contributed by atoms with Crippen molar-refractivity contribution in [1.29, 1.82) is 0 Å². The summed E-state index contributed by atoms with van der Waals surface area (Å²) < 4.78 is 5.76. The molecular formula is C14H14ClN3O2. The maximum absolute atomic E-state index is 8.75. The first kappa shape index (κ1) is 14.1. The van der Waals surface area contributed by atoms with Gasteiger partial charge in [0.05, 0.1) is 0 Å². The van der Waals surface area contributed by atoms with Crippen molar-refractivity contribution < 1.29 is 9.94 Å². The quantitative estimate of drug-likeness (QED) is 0.394. The molecule has 3 N–H and O–H groups in total. The molecule has 0 aliphatic carbocycles. The summed E-state index contributed by atoms with van der Waals surface area (Å²) in [6.45, 7) is 3.80. The van der Waals surface area contributed by atoms with Crippen LogP contribution < -0.4 is 10.5 Å². The van der Waals surface area contributed by atoms with Gasteiger partial charge in [0.25, 0.3) is 0 Å². The molecule has 0 unspecified atom stereocenters. The fourth-order valence-corrected chi connectivity index (χ4v) is 1.91. The van der Waals surface area contributed by atoms with Crippen molar-refractivity contribution in [2.24, 2.45) is 10.9 Å². The van der Waals surface area contributed by atoms with Gasteiger partial charge in [0.1, 0.15) is 5.75 Å². The molecule has 104 valence electrons. The Morgan fingerprint density at radius 1 is 1.35 bits per heavy atom. The van der Waals surface area contributed by atoms with Crippen molar-refractivity contribution in [3.05, 3.63) is 52.3 Å². The molecule has 20 heavy (non-hydrogen) atoms. The smallest absolute Gasteiger partial charge is 0.192 e. The lowest BCUT2D eigenvalue weighted by molar-refractivity contribution is 0.318. The Balaban J connectivity index is 2.41. The second kappa shape index (κ2) is 5.79. The van der Waals surface area contributed by atoms with Gasteiger partial charge in [0.15, 0.2) is 17.3 Å². The van der Waals surface area contributed by atoms with Crippen LogP contribution in [0, 0.1) is 13.8 Å². The van der Waals surface area contributed by atoms with E-state index >= 15 is 0 Å². The molecule has 1 aromatic heterocycles. The molecule has 0 atom stereocenters. The highest BCUT2D eigenvalue weighted by atomic mass is 35.5. The first-order valence-electron chi connectivity index (χ1n) is 5.90. The number of benzene rings is 1. The Kier molecular flexibility index (Phi) is 4.10. The summed E-state index contributed by atoms with van der Waals surface area (Å²) >= 11 is 6.12. The summed E-state index contributed by atoms with van der Waals surface area (Å²) in [7, 11) is 0. The molecule has 6 heteroatoms. The summed E-state index contributed by atoms with van der Waals surface area (Å²) in [4.78, 5) is 4.04. The largest absolute Gasteiger partial charge is 0.455 e. The SMILES string of the molecule is Cc1cc(Oc2cccnc2/C(N)=N/O)cc(C)c1Cl. The zero-order valence-corrected chi connectivity index (χ0v) is 11.8. The normalized spacial score (nSPS) is 11.4. The Morgan fingerprint density at radius 2 is 2.00 bits per heavy atom. The first-order chi connectivity index (χ1) is 9.52. The van der Waals surface area contributed by atoms with Gasteiger partial charge < -0.3 is 15.7 Å². The number of nitrogens with two attached hydrogens (primary N) is 1. The lowest BCUT2D eigenvalue weighted by atomic mass is 10.1. The Bertz CT molecular complexity index is 648. The van der Waals surface area contributed by atoms with Gasteiger partial charge in [-0.2, -0.15) is 0 Å². The van der Waals surface area contributed by atoms with Gasteiger partial charge in [-0.3, -0.25) is 0 Å². The summed E-state index contributed by atoms with van der Waals surface area (Å²) in [6.07, 6.45) is 1.54. The molecule has 0 saturated carbocycles. The second-order valence-electron chi connectivity index (χ2n) is 4.31. The van der Waals surface area contributed by atoms with Gasteiger partial charge in [-0.1, -0.05) is 16.8 Å². The van der Waals surface area contributed by atoms with Crippen LogP contribution in [0.5, 0.6) is 11.5 Å². The highest BCUT2D eigenvalue weighted by molar-refractivity contribution is 6.32. The second-order valence-corrected chi connectivity index (χ2v) is 4.69. The number of hydrogen-bond acceptors (Lipinski definition) is 4. The number of nitrogens with zero attached hydrogens (tertiary/aromatic N) is 2. The molecule has 2 rings (SSSR count). The van der Waals surface area contributed by atoms with E-state index in [1.54, 1.807) is 18.3 Å². The lowest BCUT2D eigenvalue weighted by Crippen LogP contribution is -2.15. The Labute approximate surface area is 121 Å². The molecule has 2 aromatic rings. The Morgan fingerprint density at radius 3 is 2.60 bits per heavy atom. The van der Waals surface area contributed by atoms with Gasteiger partial charge in [0.2, 0.25) is 0 Å². The number of aromatic nitrogens is 1. The van der Waals surface area contributed by atoms with Gasteiger partial charge in [-0.15, -0.1) is 0 Å². The van der Waals surface area contributed by atoms with E-state index in [2.05, 4.69) is 10.1 Å². The van der Waals surface area contributed by atoms with Crippen LogP contribution in [0.2, 0.25) is 5.02 Å². The standard InChI is InChI=1S/C14H14ClN3O2/c1-8-6-10(7-9(2)12(8)15)20-11-4-3-5-17-13(11)14(16)18-19/h3-7,19H,1-2H3,(H2,16,18). The van der Waals surface area contributed by atoms with Crippen molar-refractivity contribution in [2.45, 2.75) is 13.8 Å². The van der Waals surface area contributed by atoms with E-state index in [1.807, 2.05) is 26.0 Å². The van der Waals surface area contributed by atoms with E-state index in [1.165, 1.54) is 0 Å². The number of hydrogen-bond donors (Lipinski definition) is 2. The van der Waals surface area contributed by atoms with Crippen LogP contribution in [0.25, 0.3) is 0 Å². The van der Waals surface area contributed by atoms with E-state index in [0.29, 0.717) is 16.5 Å². The van der Waals surface area contributed by atoms with Gasteiger partial charge in [-0.25, -0.2) is 4.98 Å². The van der Waals surface area contributed by atoms with Crippen LogP contribution in [-0.4, -0.2) is 16.0 Å². The average Bonchev–Trinajstić information content (AvgIpc) is 2.44. The van der Waals surface area contributed by atoms with E-state index in [4.69, 9.17) is 27.3 Å². The number of rotatable bonds is 3. The molecule has 0 fully saturated rings. The number of amidine groups is 1. The average molecular weight is 292 g/mol. The highest BCUT2D eigenvalue weighted by Crippen LogP contribution is 2.30. The van der Waals surface area contributed by atoms with Crippen molar-refractivity contribution >= 4 is 17.4 Å². The molecule has 0 radical (unpaired) electrons. The highest BCUT2D eigenvalue weighted by Gasteiger charge is 2.11. The van der Waals surface area contributed by atoms with Gasteiger partial charge in [0, 0.05) is 11.2 Å². The minimum atomic E-state index is -0.108. The van der Waals surface area contributed by atoms with E-state index in [-0.39, 0.29) is 11.5 Å². The molecule has 1 aromatic carbocycles. The molecule has 5 nitrogen and oxygen atoms in total. The van der Waals surface area contributed by atoms with E-state index in [9.17, 15) is 0 Å². The maximum atomic E-state index is 8.75. The van der Waals surface area contributed by atoms with Crippen LogP contribution in [-0.2, 0) is 0 Å². The molecule has 0 aliphatic rings. The number of pyridine rings is 1. The maximum Gasteiger partial charge on any atom is 0.192 e. The minimum absolute atomic E-state index is 0.108. The third-order valence-corrected chi connectivity index (χ3v) is 3.35. The minimum Gasteiger partial charge on any atom is -0.455 e. The van der Waals surface area contributed by atoms with Crippen molar-refractivity contribution in [2.75, 3.05) is 0 Å². The van der Waals surface area contributed by atoms with Crippen LogP contribution in [0.3, 0.4) is 0 Å². The van der Waals surface area contributed by atoms with E-state index < -0.39 is 0 Å². The molecule has 1 heterocycles. The predicted octanol–water partition coefficient (Wildman–Crippen LogP) is 3.24. The van der Waals surface area contributed by atoms with E-state index in [0.717, 1.165) is 11.1 Å². The third-order valence-electron chi connectivity index (χ3n) is 2.76. The zero-order valence-electron chi connectivity index (χ0n) is 11.1. The monoisotopic (exact) mass is 291 g/mol. The van der Waals surface area contributed by atoms with Crippen LogP contribution >= 0.6 is 11.6 Å². The molecule has 0 aliphatic heterocycles. The topological polar surface area (TPSA) is 80.7 Å². The molecule has 0 spiro atoms. The number of ether oxygens (including phenoxy) is 1. The molecular weight excluding hydrogens is 278 g/mol. The zero-order chi connectivity index (χ0) is 14.7. The van der Waals surface area contributed by atoms with Crippen LogP contribution in [0.15, 0.2) is 35.6 Å². The number of halogens is 1. The summed E-state index contributed by atoms with van der Waals surface area (Å²) in [5.74, 6) is 0.913. The van der Waals surface area contributed by atoms with Gasteiger partial charge >= 0.3 is 0 Å². The van der Waals surface area contributed by atoms with Crippen molar-refractivity contribution in [1.82, 2.24) is 4.98 Å². The molecule has 0 amide bonds. The van der Waals surface area contributed by atoms with Crippen LogP contribution in [0.4, 0.5) is 0 Å². The van der Waals surface area contributed by atoms with Crippen molar-refractivity contribution in [3.8, 4) is 11.5 Å². The van der Waals surface area contributed by atoms with Crippen LogP contribution in [0.1, 0.15) is 16.8 Å². The predicted molar refractivity (Wildman–Crippen MR) is 77.7 cm³/mol. The fourth-order valence-electron chi connectivity index (χ4n) is 1.80. The summed E-state index contributed by atoms with van der Waals surface area (Å²) in [5, 5.41) is 12.4. The molecule has 0 bridgehead atoms. The van der Waals surface area contributed by atoms with Crippen molar-refractivity contribution in [3.63, 3.8) is 0 Å². The Hall–Kier alpha value is -2.27. The first-order valence-corrected chi connectivity index (χ1v) is 6.28. The number of oxime groups is 1. The fraction of sp³-hybridized carbons (Fsp3) is 0.143. The lowest BCUT2D eigenvalue weighted by Gasteiger charge is -2.11. The number of aryl methyl sites for hydroxylation is 2. The van der Waals surface area contributed by atoms with Gasteiger partial charge in [-0.05, 0) is 49.2 Å².